The molecule has 0 amide bonds. The van der Waals surface area contributed by atoms with Gasteiger partial charge in [0.2, 0.25) is 0 Å². The van der Waals surface area contributed by atoms with Crippen LogP contribution in [0.25, 0.3) is 0 Å². The Balaban J connectivity index is 4.08. The number of hydrogen-bond acceptors (Lipinski definition) is 2. The van der Waals surface area contributed by atoms with Gasteiger partial charge in [-0.1, -0.05) is 19.4 Å². The number of hydrogen-bond donors (Lipinski definition) is 2. The second-order valence-electron chi connectivity index (χ2n) is 2.46. The first-order chi connectivity index (χ1) is 5.13. The number of carboxylic acid groups (broad SMARTS) is 1. The molecule has 0 radical (unpaired) electrons. The molecular formula is C8H14O3. The van der Waals surface area contributed by atoms with E-state index in [0.29, 0.717) is 6.42 Å². The lowest BCUT2D eigenvalue weighted by Crippen LogP contribution is -2.26. The van der Waals surface area contributed by atoms with Gasteiger partial charge in [0.05, 0.1) is 12.0 Å². The molecule has 0 saturated heterocycles. The van der Waals surface area contributed by atoms with Crippen molar-refractivity contribution in [1.82, 2.24) is 0 Å². The molecule has 3 nitrogen and oxygen atoms in total. The third-order valence-electron chi connectivity index (χ3n) is 1.57. The van der Waals surface area contributed by atoms with Crippen molar-refractivity contribution >= 4 is 5.97 Å². The second-order valence-corrected chi connectivity index (χ2v) is 2.46. The Morgan fingerprint density at radius 1 is 1.73 bits per heavy atom. The monoisotopic (exact) mass is 158 g/mol. The first kappa shape index (κ1) is 10.2. The van der Waals surface area contributed by atoms with Crippen molar-refractivity contribution in [3.05, 3.63) is 12.7 Å². The summed E-state index contributed by atoms with van der Waals surface area (Å²) in [5.74, 6) is -1.66. The molecule has 2 N–H and O–H groups in total. The zero-order valence-electron chi connectivity index (χ0n) is 6.66. The molecule has 0 aromatic heterocycles. The first-order valence-electron chi connectivity index (χ1n) is 3.66. The van der Waals surface area contributed by atoms with Gasteiger partial charge in [-0.15, -0.1) is 6.58 Å². The minimum atomic E-state index is -0.959. The van der Waals surface area contributed by atoms with Gasteiger partial charge in [0, 0.05) is 0 Å². The summed E-state index contributed by atoms with van der Waals surface area (Å²) in [7, 11) is 0. The first-order valence-corrected chi connectivity index (χ1v) is 3.66. The molecule has 0 bridgehead atoms. The minimum Gasteiger partial charge on any atom is -0.481 e. The topological polar surface area (TPSA) is 57.5 Å². The van der Waals surface area contributed by atoms with E-state index in [2.05, 4.69) is 6.58 Å². The van der Waals surface area contributed by atoms with Crippen molar-refractivity contribution in [2.45, 2.75) is 25.9 Å². The molecule has 0 fully saturated rings. The van der Waals surface area contributed by atoms with Crippen LogP contribution in [0.3, 0.4) is 0 Å². The quantitative estimate of drug-likeness (QED) is 0.587. The van der Waals surface area contributed by atoms with Crippen LogP contribution in [-0.4, -0.2) is 22.3 Å². The van der Waals surface area contributed by atoms with Crippen LogP contribution in [0.5, 0.6) is 0 Å². The Kier molecular flexibility index (Phi) is 4.54. The van der Waals surface area contributed by atoms with Gasteiger partial charge in [-0.05, 0) is 6.42 Å². The molecule has 0 heterocycles. The van der Waals surface area contributed by atoms with Crippen LogP contribution in [0.2, 0.25) is 0 Å². The summed E-state index contributed by atoms with van der Waals surface area (Å²) in [6.07, 6.45) is 1.58. The third kappa shape index (κ3) is 3.18. The Labute approximate surface area is 66.4 Å². The van der Waals surface area contributed by atoms with Crippen LogP contribution >= 0.6 is 0 Å². The summed E-state index contributed by atoms with van der Waals surface area (Å²) >= 11 is 0. The highest BCUT2D eigenvalue weighted by Gasteiger charge is 2.22. The Morgan fingerprint density at radius 2 is 2.27 bits per heavy atom. The van der Waals surface area contributed by atoms with E-state index in [0.717, 1.165) is 6.42 Å². The molecule has 64 valence electrons. The van der Waals surface area contributed by atoms with Crippen LogP contribution in [0, 0.1) is 5.92 Å². The highest BCUT2D eigenvalue weighted by Crippen LogP contribution is 2.12. The Hall–Kier alpha value is -0.830. The lowest BCUT2D eigenvalue weighted by Gasteiger charge is -2.13. The van der Waals surface area contributed by atoms with E-state index in [9.17, 15) is 4.79 Å². The molecule has 0 aromatic carbocycles. The summed E-state index contributed by atoms with van der Waals surface area (Å²) in [5, 5.41) is 17.7. The number of aliphatic carboxylic acids is 1. The molecule has 11 heavy (non-hydrogen) atoms. The molecule has 0 aliphatic heterocycles. The van der Waals surface area contributed by atoms with Crippen LogP contribution in [0.1, 0.15) is 19.8 Å². The van der Waals surface area contributed by atoms with Gasteiger partial charge in [-0.25, -0.2) is 0 Å². The van der Waals surface area contributed by atoms with Gasteiger partial charge in [0.15, 0.2) is 0 Å². The standard InChI is InChI=1S/C8H14O3/c1-3-5-6(8(10)11)7(9)4-2/h4,6-7,9H,2-3,5H2,1H3,(H,10,11). The highest BCUT2D eigenvalue weighted by molar-refractivity contribution is 5.70. The molecule has 2 unspecified atom stereocenters. The Bertz CT molecular complexity index is 142. The Morgan fingerprint density at radius 3 is 2.55 bits per heavy atom. The van der Waals surface area contributed by atoms with E-state index in [-0.39, 0.29) is 0 Å². The van der Waals surface area contributed by atoms with Crippen molar-refractivity contribution in [3.63, 3.8) is 0 Å². The van der Waals surface area contributed by atoms with Crippen LogP contribution in [0.15, 0.2) is 12.7 Å². The SMILES string of the molecule is C=CC(O)C(CCC)C(=O)O. The summed E-state index contributed by atoms with van der Waals surface area (Å²) in [6, 6.07) is 0. The third-order valence-corrected chi connectivity index (χ3v) is 1.57. The summed E-state index contributed by atoms with van der Waals surface area (Å²) in [4.78, 5) is 10.5. The molecular weight excluding hydrogens is 144 g/mol. The maximum absolute atomic E-state index is 10.5. The fourth-order valence-corrected chi connectivity index (χ4v) is 0.916. The predicted octanol–water partition coefficient (Wildman–Crippen LogP) is 1.03. The summed E-state index contributed by atoms with van der Waals surface area (Å²) in [6.45, 7) is 5.21. The fourth-order valence-electron chi connectivity index (χ4n) is 0.916. The van der Waals surface area contributed by atoms with Gasteiger partial charge >= 0.3 is 5.97 Å². The minimum absolute atomic E-state index is 0.489. The fraction of sp³-hybridized carbons (Fsp3) is 0.625. The second kappa shape index (κ2) is 4.91. The largest absolute Gasteiger partial charge is 0.481 e. The number of rotatable bonds is 5. The van der Waals surface area contributed by atoms with Gasteiger partial charge in [0.25, 0.3) is 0 Å². The molecule has 0 saturated carbocycles. The van der Waals surface area contributed by atoms with E-state index < -0.39 is 18.0 Å². The lowest BCUT2D eigenvalue weighted by molar-refractivity contribution is -0.144. The highest BCUT2D eigenvalue weighted by atomic mass is 16.4. The molecule has 0 rings (SSSR count). The average Bonchev–Trinajstić information content (AvgIpc) is 1.98. The maximum Gasteiger partial charge on any atom is 0.309 e. The summed E-state index contributed by atoms with van der Waals surface area (Å²) in [5.41, 5.74) is 0. The predicted molar refractivity (Wildman–Crippen MR) is 42.2 cm³/mol. The van der Waals surface area contributed by atoms with E-state index in [1.165, 1.54) is 6.08 Å². The summed E-state index contributed by atoms with van der Waals surface area (Å²) < 4.78 is 0. The van der Waals surface area contributed by atoms with E-state index in [1.54, 1.807) is 0 Å². The van der Waals surface area contributed by atoms with Gasteiger partial charge in [-0.3, -0.25) is 4.79 Å². The zero-order chi connectivity index (χ0) is 8.85. The lowest BCUT2D eigenvalue weighted by atomic mass is 9.97. The number of aliphatic hydroxyl groups excluding tert-OH is 1. The van der Waals surface area contributed by atoms with Gasteiger partial charge in [0.1, 0.15) is 0 Å². The van der Waals surface area contributed by atoms with E-state index in [1.807, 2.05) is 6.92 Å². The molecule has 0 spiro atoms. The van der Waals surface area contributed by atoms with Crippen molar-refractivity contribution in [2.24, 2.45) is 5.92 Å². The van der Waals surface area contributed by atoms with Crippen molar-refractivity contribution in [3.8, 4) is 0 Å². The number of carboxylic acids is 1. The maximum atomic E-state index is 10.5. The van der Waals surface area contributed by atoms with Crippen molar-refractivity contribution < 1.29 is 15.0 Å². The van der Waals surface area contributed by atoms with Crippen LogP contribution in [-0.2, 0) is 4.79 Å². The molecule has 0 aliphatic carbocycles. The van der Waals surface area contributed by atoms with Crippen LogP contribution < -0.4 is 0 Å². The van der Waals surface area contributed by atoms with E-state index >= 15 is 0 Å². The van der Waals surface area contributed by atoms with Gasteiger partial charge in [-0.2, -0.15) is 0 Å². The van der Waals surface area contributed by atoms with Crippen molar-refractivity contribution in [1.29, 1.82) is 0 Å². The zero-order valence-corrected chi connectivity index (χ0v) is 6.66. The molecule has 0 aromatic rings. The normalized spacial score (nSPS) is 15.5. The van der Waals surface area contributed by atoms with E-state index in [4.69, 9.17) is 10.2 Å². The van der Waals surface area contributed by atoms with Gasteiger partial charge < -0.3 is 10.2 Å². The number of aliphatic hydroxyl groups is 1. The van der Waals surface area contributed by atoms with Crippen molar-refractivity contribution in [2.75, 3.05) is 0 Å². The average molecular weight is 158 g/mol. The molecule has 3 heteroatoms. The smallest absolute Gasteiger partial charge is 0.309 e. The van der Waals surface area contributed by atoms with Crippen LogP contribution in [0.4, 0.5) is 0 Å². The molecule has 2 atom stereocenters. The molecule has 0 aliphatic rings. The number of carbonyl (C=O) groups is 1.